The zero-order valence-electron chi connectivity index (χ0n) is 14.5. The highest BCUT2D eigenvalue weighted by molar-refractivity contribution is 7.89. The second kappa shape index (κ2) is 7.67. The van der Waals surface area contributed by atoms with Gasteiger partial charge in [-0.3, -0.25) is 0 Å². The molecule has 3 rings (SSSR count). The molecule has 0 aliphatic carbocycles. The van der Waals surface area contributed by atoms with Crippen LogP contribution >= 0.6 is 0 Å². The van der Waals surface area contributed by atoms with Crippen LogP contribution in [0.25, 0.3) is 11.4 Å². The number of ether oxygens (including phenoxy) is 1. The molecule has 136 valence electrons. The number of aromatic nitrogens is 2. The van der Waals surface area contributed by atoms with Crippen LogP contribution in [0, 0.1) is 6.92 Å². The van der Waals surface area contributed by atoms with Crippen molar-refractivity contribution in [1.82, 2.24) is 14.9 Å². The summed E-state index contributed by atoms with van der Waals surface area (Å²) in [6.07, 6.45) is 0. The molecule has 0 aliphatic rings. The molecule has 0 bridgehead atoms. The third-order valence-corrected chi connectivity index (χ3v) is 5.02. The summed E-state index contributed by atoms with van der Waals surface area (Å²) in [4.78, 5) is 4.37. The molecule has 26 heavy (non-hydrogen) atoms. The summed E-state index contributed by atoms with van der Waals surface area (Å²) in [6, 6.07) is 13.9. The molecule has 0 unspecified atom stereocenters. The molecule has 1 N–H and O–H groups in total. The summed E-state index contributed by atoms with van der Waals surface area (Å²) in [5, 5.41) is 3.90. The van der Waals surface area contributed by atoms with E-state index in [4.69, 9.17) is 9.26 Å². The van der Waals surface area contributed by atoms with Gasteiger partial charge < -0.3 is 9.26 Å². The molecule has 7 nitrogen and oxygen atoms in total. The monoisotopic (exact) mass is 373 g/mol. The molecule has 8 heteroatoms. The van der Waals surface area contributed by atoms with Crippen LogP contribution in [0.2, 0.25) is 0 Å². The van der Waals surface area contributed by atoms with Gasteiger partial charge in [0.15, 0.2) is 0 Å². The smallest absolute Gasteiger partial charge is 0.242 e. The molecule has 1 aromatic heterocycles. The van der Waals surface area contributed by atoms with E-state index in [0.29, 0.717) is 18.2 Å². The maximum absolute atomic E-state index is 12.4. The Morgan fingerprint density at radius 2 is 1.92 bits per heavy atom. The molecule has 3 aromatic rings. The molecular formula is C18H19N3O4S. The highest BCUT2D eigenvalue weighted by atomic mass is 32.2. The van der Waals surface area contributed by atoms with Gasteiger partial charge in [0.1, 0.15) is 5.75 Å². The minimum atomic E-state index is -3.69. The molecule has 2 aromatic carbocycles. The number of hydrogen-bond donors (Lipinski definition) is 1. The van der Waals surface area contributed by atoms with Gasteiger partial charge in [-0.25, -0.2) is 13.1 Å². The fraction of sp³-hybridized carbons (Fsp3) is 0.222. The van der Waals surface area contributed by atoms with Crippen LogP contribution in [0.1, 0.15) is 18.4 Å². The predicted octanol–water partition coefficient (Wildman–Crippen LogP) is 2.92. The van der Waals surface area contributed by atoms with Crippen LogP contribution in [0.15, 0.2) is 57.9 Å². The summed E-state index contributed by atoms with van der Waals surface area (Å²) in [7, 11) is -3.69. The van der Waals surface area contributed by atoms with Crippen LogP contribution < -0.4 is 9.46 Å². The summed E-state index contributed by atoms with van der Waals surface area (Å²) in [5.74, 6) is 1.23. The largest absolute Gasteiger partial charge is 0.494 e. The fourth-order valence-electron chi connectivity index (χ4n) is 2.35. The van der Waals surface area contributed by atoms with Gasteiger partial charge in [0.05, 0.1) is 18.0 Å². The molecule has 0 radical (unpaired) electrons. The molecular weight excluding hydrogens is 354 g/mol. The van der Waals surface area contributed by atoms with Crippen molar-refractivity contribution in [2.24, 2.45) is 0 Å². The van der Waals surface area contributed by atoms with Gasteiger partial charge in [-0.15, -0.1) is 0 Å². The third-order valence-electron chi connectivity index (χ3n) is 3.60. The lowest BCUT2D eigenvalue weighted by Gasteiger charge is -2.06. The summed E-state index contributed by atoms with van der Waals surface area (Å²) in [6.45, 7) is 4.26. The van der Waals surface area contributed by atoms with Crippen molar-refractivity contribution in [3.05, 3.63) is 60.0 Å². The minimum absolute atomic E-state index is 0.0889. The van der Waals surface area contributed by atoms with Crippen molar-refractivity contribution in [3.8, 4) is 17.1 Å². The standard InChI is InChI=1S/C18H19N3O4S/c1-3-24-15-7-9-16(10-8-15)26(22,23)19-12-17-20-18(21-25-17)14-6-4-5-13(2)11-14/h4-11,19H,3,12H2,1-2H3. The molecule has 0 amide bonds. The maximum Gasteiger partial charge on any atom is 0.242 e. The minimum Gasteiger partial charge on any atom is -0.494 e. The summed E-state index contributed by atoms with van der Waals surface area (Å²) < 4.78 is 37.6. The average molecular weight is 373 g/mol. The highest BCUT2D eigenvalue weighted by Crippen LogP contribution is 2.18. The first-order valence-corrected chi connectivity index (χ1v) is 9.58. The van der Waals surface area contributed by atoms with Crippen LogP contribution in [-0.2, 0) is 16.6 Å². The SMILES string of the molecule is CCOc1ccc(S(=O)(=O)NCc2nc(-c3cccc(C)c3)no2)cc1. The van der Waals surface area contributed by atoms with Crippen molar-refractivity contribution in [2.45, 2.75) is 25.3 Å². The van der Waals surface area contributed by atoms with Gasteiger partial charge in [0.2, 0.25) is 21.7 Å². The number of benzene rings is 2. The van der Waals surface area contributed by atoms with Crippen molar-refractivity contribution >= 4 is 10.0 Å². The van der Waals surface area contributed by atoms with E-state index in [1.54, 1.807) is 12.1 Å². The highest BCUT2D eigenvalue weighted by Gasteiger charge is 2.16. The van der Waals surface area contributed by atoms with Gasteiger partial charge in [-0.05, 0) is 44.2 Å². The first kappa shape index (κ1) is 18.1. The normalized spacial score (nSPS) is 11.5. The quantitative estimate of drug-likeness (QED) is 0.684. The van der Waals surface area contributed by atoms with Crippen LogP contribution in [-0.4, -0.2) is 25.2 Å². The van der Waals surface area contributed by atoms with Gasteiger partial charge in [-0.2, -0.15) is 4.98 Å². The zero-order valence-corrected chi connectivity index (χ0v) is 15.3. The van der Waals surface area contributed by atoms with E-state index in [-0.39, 0.29) is 17.3 Å². The number of nitrogens with one attached hydrogen (secondary N) is 1. The third kappa shape index (κ3) is 4.27. The molecule has 1 heterocycles. The van der Waals surface area contributed by atoms with E-state index in [9.17, 15) is 8.42 Å². The number of nitrogens with zero attached hydrogens (tertiary/aromatic N) is 2. The Bertz CT molecular complexity index is 982. The van der Waals surface area contributed by atoms with Crippen molar-refractivity contribution in [2.75, 3.05) is 6.61 Å². The summed E-state index contributed by atoms with van der Waals surface area (Å²) in [5.41, 5.74) is 1.89. The van der Waals surface area contributed by atoms with E-state index in [1.165, 1.54) is 12.1 Å². The van der Waals surface area contributed by atoms with Crippen molar-refractivity contribution in [3.63, 3.8) is 0 Å². The molecule has 0 atom stereocenters. The van der Waals surface area contributed by atoms with E-state index >= 15 is 0 Å². The first-order valence-electron chi connectivity index (χ1n) is 8.10. The lowest BCUT2D eigenvalue weighted by atomic mass is 10.1. The van der Waals surface area contributed by atoms with Crippen LogP contribution in [0.4, 0.5) is 0 Å². The van der Waals surface area contributed by atoms with Gasteiger partial charge >= 0.3 is 0 Å². The molecule has 0 saturated carbocycles. The Morgan fingerprint density at radius 3 is 2.62 bits per heavy atom. The van der Waals surface area contributed by atoms with E-state index in [2.05, 4.69) is 14.9 Å². The van der Waals surface area contributed by atoms with Crippen LogP contribution in [0.3, 0.4) is 0 Å². The number of sulfonamides is 1. The lowest BCUT2D eigenvalue weighted by molar-refractivity contribution is 0.340. The zero-order chi connectivity index (χ0) is 18.6. The van der Waals surface area contributed by atoms with Gasteiger partial charge in [0.25, 0.3) is 0 Å². The van der Waals surface area contributed by atoms with E-state index < -0.39 is 10.0 Å². The molecule has 0 fully saturated rings. The first-order chi connectivity index (χ1) is 12.5. The number of aryl methyl sites for hydroxylation is 1. The number of rotatable bonds is 7. The average Bonchev–Trinajstić information content (AvgIpc) is 3.10. The predicted molar refractivity (Wildman–Crippen MR) is 96.1 cm³/mol. The Morgan fingerprint density at radius 1 is 1.15 bits per heavy atom. The number of hydrogen-bond acceptors (Lipinski definition) is 6. The lowest BCUT2D eigenvalue weighted by Crippen LogP contribution is -2.23. The van der Waals surface area contributed by atoms with Crippen molar-refractivity contribution in [1.29, 1.82) is 0 Å². The second-order valence-corrected chi connectivity index (χ2v) is 7.38. The fourth-order valence-corrected chi connectivity index (χ4v) is 3.32. The molecule has 0 aliphatic heterocycles. The molecule has 0 saturated heterocycles. The van der Waals surface area contributed by atoms with E-state index in [0.717, 1.165) is 11.1 Å². The Balaban J connectivity index is 1.68. The maximum atomic E-state index is 12.4. The van der Waals surface area contributed by atoms with Crippen LogP contribution in [0.5, 0.6) is 5.75 Å². The van der Waals surface area contributed by atoms with Gasteiger partial charge in [-0.1, -0.05) is 28.9 Å². The summed E-state index contributed by atoms with van der Waals surface area (Å²) >= 11 is 0. The van der Waals surface area contributed by atoms with E-state index in [1.807, 2.05) is 38.1 Å². The Kier molecular flexibility index (Phi) is 5.34. The Labute approximate surface area is 152 Å². The second-order valence-electron chi connectivity index (χ2n) is 5.61. The van der Waals surface area contributed by atoms with Crippen molar-refractivity contribution < 1.29 is 17.7 Å². The topological polar surface area (TPSA) is 94.3 Å². The Hall–Kier alpha value is -2.71. The molecule has 0 spiro atoms. The van der Waals surface area contributed by atoms with Gasteiger partial charge in [0, 0.05) is 5.56 Å².